The third kappa shape index (κ3) is 2.80. The summed E-state index contributed by atoms with van der Waals surface area (Å²) in [4.78, 5) is 17.1. The molecule has 0 saturated heterocycles. The lowest BCUT2D eigenvalue weighted by molar-refractivity contribution is 0.189. The number of aromatic nitrogens is 2. The quantitative estimate of drug-likeness (QED) is 0.791. The number of rotatable bonds is 5. The van der Waals surface area contributed by atoms with Crippen molar-refractivity contribution in [2.75, 3.05) is 13.7 Å². The summed E-state index contributed by atoms with van der Waals surface area (Å²) in [6.07, 6.45) is 1.49. The van der Waals surface area contributed by atoms with Crippen molar-refractivity contribution in [2.24, 2.45) is 0 Å². The number of nitrogens with zero attached hydrogens (tertiary/aromatic N) is 2. The Kier molecular flexibility index (Phi) is 4.56. The number of ether oxygens (including phenoxy) is 1. The highest BCUT2D eigenvalue weighted by Crippen LogP contribution is 2.18. The summed E-state index contributed by atoms with van der Waals surface area (Å²) >= 11 is 6.11. The molecule has 4 nitrogen and oxygen atoms in total. The van der Waals surface area contributed by atoms with Gasteiger partial charge in [0.15, 0.2) is 0 Å². The minimum Gasteiger partial charge on any atom is -0.385 e. The number of hydrogen-bond acceptors (Lipinski definition) is 3. The van der Waals surface area contributed by atoms with E-state index in [2.05, 4.69) is 4.98 Å². The fourth-order valence-electron chi connectivity index (χ4n) is 2.14. The van der Waals surface area contributed by atoms with E-state index in [0.29, 0.717) is 35.5 Å². The molecule has 5 heteroatoms. The summed E-state index contributed by atoms with van der Waals surface area (Å²) in [6, 6.07) is 5.35. The number of benzene rings is 1. The molecular formula is C14H17ClN2O2. The van der Waals surface area contributed by atoms with E-state index in [1.807, 2.05) is 19.1 Å². The predicted molar refractivity (Wildman–Crippen MR) is 76.9 cm³/mol. The summed E-state index contributed by atoms with van der Waals surface area (Å²) in [5, 5.41) is 0.955. The Morgan fingerprint density at radius 1 is 1.42 bits per heavy atom. The van der Waals surface area contributed by atoms with Crippen molar-refractivity contribution in [3.8, 4) is 0 Å². The van der Waals surface area contributed by atoms with E-state index >= 15 is 0 Å². The molecule has 0 N–H and O–H groups in total. The van der Waals surface area contributed by atoms with Crippen LogP contribution >= 0.6 is 11.6 Å². The lowest BCUT2D eigenvalue weighted by Gasteiger charge is -2.12. The van der Waals surface area contributed by atoms with Gasteiger partial charge in [-0.3, -0.25) is 9.36 Å². The van der Waals surface area contributed by atoms with E-state index in [1.165, 1.54) is 0 Å². The van der Waals surface area contributed by atoms with Crippen LogP contribution in [0.25, 0.3) is 10.9 Å². The monoisotopic (exact) mass is 280 g/mol. The zero-order valence-corrected chi connectivity index (χ0v) is 11.9. The molecule has 1 aromatic carbocycles. The van der Waals surface area contributed by atoms with Crippen molar-refractivity contribution in [3.05, 3.63) is 39.4 Å². The van der Waals surface area contributed by atoms with Gasteiger partial charge in [-0.05, 0) is 18.6 Å². The van der Waals surface area contributed by atoms with Crippen LogP contribution in [0, 0.1) is 0 Å². The van der Waals surface area contributed by atoms with Gasteiger partial charge in [0.25, 0.3) is 5.56 Å². The van der Waals surface area contributed by atoms with Crippen LogP contribution in [0.4, 0.5) is 0 Å². The number of halogens is 1. The SMILES string of the molecule is CCc1nc2cccc(Cl)c2c(=O)n1CCCOC. The van der Waals surface area contributed by atoms with Crippen LogP contribution in [0.5, 0.6) is 0 Å². The molecule has 2 aromatic rings. The predicted octanol–water partition coefficient (Wildman–Crippen LogP) is 2.65. The van der Waals surface area contributed by atoms with Gasteiger partial charge in [0, 0.05) is 26.7 Å². The lowest BCUT2D eigenvalue weighted by Crippen LogP contribution is -2.26. The molecule has 0 radical (unpaired) electrons. The molecule has 0 amide bonds. The van der Waals surface area contributed by atoms with E-state index in [9.17, 15) is 4.79 Å². The maximum absolute atomic E-state index is 12.5. The van der Waals surface area contributed by atoms with Gasteiger partial charge in [0.1, 0.15) is 5.82 Å². The molecule has 0 aliphatic carbocycles. The van der Waals surface area contributed by atoms with Crippen molar-refractivity contribution >= 4 is 22.5 Å². The zero-order chi connectivity index (χ0) is 13.8. The molecule has 1 aromatic heterocycles. The van der Waals surface area contributed by atoms with E-state index in [-0.39, 0.29) is 5.56 Å². The highest BCUT2D eigenvalue weighted by atomic mass is 35.5. The minimum absolute atomic E-state index is 0.0662. The second kappa shape index (κ2) is 6.17. The number of hydrogen-bond donors (Lipinski definition) is 0. The van der Waals surface area contributed by atoms with E-state index in [4.69, 9.17) is 16.3 Å². The third-order valence-electron chi connectivity index (χ3n) is 3.06. The Balaban J connectivity index is 2.57. The molecule has 0 fully saturated rings. The van der Waals surface area contributed by atoms with E-state index in [0.717, 1.165) is 12.2 Å². The maximum atomic E-state index is 12.5. The van der Waals surface area contributed by atoms with Gasteiger partial charge < -0.3 is 4.74 Å². The fourth-order valence-corrected chi connectivity index (χ4v) is 2.39. The van der Waals surface area contributed by atoms with Gasteiger partial charge >= 0.3 is 0 Å². The molecule has 102 valence electrons. The van der Waals surface area contributed by atoms with E-state index < -0.39 is 0 Å². The Bertz CT molecular complexity index is 637. The van der Waals surface area contributed by atoms with Crippen LogP contribution in [0.15, 0.2) is 23.0 Å². The van der Waals surface area contributed by atoms with Crippen molar-refractivity contribution < 1.29 is 4.74 Å². The van der Waals surface area contributed by atoms with Crippen LogP contribution < -0.4 is 5.56 Å². The van der Waals surface area contributed by atoms with Crippen molar-refractivity contribution in [2.45, 2.75) is 26.3 Å². The summed E-state index contributed by atoms with van der Waals surface area (Å²) in [5.74, 6) is 0.788. The van der Waals surface area contributed by atoms with E-state index in [1.54, 1.807) is 17.7 Å². The molecule has 2 rings (SSSR count). The Morgan fingerprint density at radius 3 is 2.89 bits per heavy atom. The first-order valence-electron chi connectivity index (χ1n) is 6.36. The minimum atomic E-state index is -0.0662. The summed E-state index contributed by atoms with van der Waals surface area (Å²) in [5.41, 5.74) is 0.598. The van der Waals surface area contributed by atoms with Gasteiger partial charge in [0.05, 0.1) is 15.9 Å². The highest BCUT2D eigenvalue weighted by Gasteiger charge is 2.11. The Morgan fingerprint density at radius 2 is 2.21 bits per heavy atom. The van der Waals surface area contributed by atoms with Crippen molar-refractivity contribution in [1.82, 2.24) is 9.55 Å². The van der Waals surface area contributed by atoms with Crippen LogP contribution in [0.1, 0.15) is 19.2 Å². The first-order valence-corrected chi connectivity index (χ1v) is 6.73. The largest absolute Gasteiger partial charge is 0.385 e. The van der Waals surface area contributed by atoms with Crippen LogP contribution in [0.3, 0.4) is 0 Å². The summed E-state index contributed by atoms with van der Waals surface area (Å²) in [6.45, 7) is 3.21. The topological polar surface area (TPSA) is 44.1 Å². The number of methoxy groups -OCH3 is 1. The fraction of sp³-hybridized carbons (Fsp3) is 0.429. The molecule has 0 saturated carbocycles. The lowest BCUT2D eigenvalue weighted by atomic mass is 10.2. The molecule has 0 spiro atoms. The second-order valence-corrected chi connectivity index (χ2v) is 4.73. The first-order chi connectivity index (χ1) is 9.19. The standard InChI is InChI=1S/C14H17ClN2O2/c1-3-12-16-11-7-4-6-10(15)13(11)14(18)17(12)8-5-9-19-2/h4,6-7H,3,5,8-9H2,1-2H3. The molecule has 0 bridgehead atoms. The van der Waals surface area contributed by atoms with Crippen LogP contribution in [-0.4, -0.2) is 23.3 Å². The maximum Gasteiger partial charge on any atom is 0.262 e. The van der Waals surface area contributed by atoms with Crippen molar-refractivity contribution in [1.29, 1.82) is 0 Å². The third-order valence-corrected chi connectivity index (χ3v) is 3.37. The van der Waals surface area contributed by atoms with Crippen LogP contribution in [-0.2, 0) is 17.7 Å². The number of aryl methyl sites for hydroxylation is 1. The normalized spacial score (nSPS) is 11.1. The molecule has 1 heterocycles. The Hall–Kier alpha value is -1.39. The summed E-state index contributed by atoms with van der Waals surface area (Å²) in [7, 11) is 1.65. The molecular weight excluding hydrogens is 264 g/mol. The van der Waals surface area contributed by atoms with Crippen molar-refractivity contribution in [3.63, 3.8) is 0 Å². The average molecular weight is 281 g/mol. The first kappa shape index (κ1) is 14.0. The van der Waals surface area contributed by atoms with Gasteiger partial charge in [-0.25, -0.2) is 4.98 Å². The van der Waals surface area contributed by atoms with Gasteiger partial charge in [-0.1, -0.05) is 24.6 Å². The van der Waals surface area contributed by atoms with Gasteiger partial charge in [-0.2, -0.15) is 0 Å². The second-order valence-electron chi connectivity index (χ2n) is 4.32. The van der Waals surface area contributed by atoms with Crippen LogP contribution in [0.2, 0.25) is 5.02 Å². The molecule has 0 aliphatic rings. The highest BCUT2D eigenvalue weighted by molar-refractivity contribution is 6.35. The molecule has 0 aliphatic heterocycles. The summed E-state index contributed by atoms with van der Waals surface area (Å²) < 4.78 is 6.73. The zero-order valence-electron chi connectivity index (χ0n) is 11.1. The van der Waals surface area contributed by atoms with Gasteiger partial charge in [0.2, 0.25) is 0 Å². The average Bonchev–Trinajstić information content (AvgIpc) is 2.41. The number of fused-ring (bicyclic) bond motifs is 1. The Labute approximate surface area is 117 Å². The van der Waals surface area contributed by atoms with Gasteiger partial charge in [-0.15, -0.1) is 0 Å². The molecule has 0 unspecified atom stereocenters. The molecule has 19 heavy (non-hydrogen) atoms. The smallest absolute Gasteiger partial charge is 0.262 e. The molecule has 0 atom stereocenters.